The minimum Gasteiger partial charge on any atom is -0.308 e. The highest BCUT2D eigenvalue weighted by atomic mass is 32.2. The van der Waals surface area contributed by atoms with Crippen LogP contribution in [-0.4, -0.2) is 75.1 Å². The number of nitrogens with zero attached hydrogens (tertiary/aromatic N) is 3. The molecule has 6 heteroatoms. The van der Waals surface area contributed by atoms with E-state index in [4.69, 9.17) is 0 Å². The third-order valence-electron chi connectivity index (χ3n) is 5.52. The minimum atomic E-state index is -3.20. The lowest BCUT2D eigenvalue weighted by Gasteiger charge is -2.45. The lowest BCUT2D eigenvalue weighted by Crippen LogP contribution is -2.49. The van der Waals surface area contributed by atoms with E-state index in [1.54, 1.807) is 11.4 Å². The second-order valence-electron chi connectivity index (χ2n) is 7.31. The van der Waals surface area contributed by atoms with Crippen molar-refractivity contribution in [1.29, 1.82) is 0 Å². The summed E-state index contributed by atoms with van der Waals surface area (Å²) in [5.41, 5.74) is 2.82. The highest BCUT2D eigenvalue weighted by Gasteiger charge is 2.37. The lowest BCUT2D eigenvalue weighted by molar-refractivity contribution is 0.0969. The van der Waals surface area contributed by atoms with Crippen molar-refractivity contribution in [2.45, 2.75) is 31.3 Å². The molecular weight excluding hydrogens is 322 g/mol. The Bertz CT molecular complexity index is 675. The molecule has 5 nitrogen and oxygen atoms in total. The average molecular weight is 352 g/mol. The number of piperidine rings is 1. The summed E-state index contributed by atoms with van der Waals surface area (Å²) in [5.74, 6) is 0.192. The van der Waals surface area contributed by atoms with Crippen molar-refractivity contribution in [2.75, 3.05) is 46.5 Å². The minimum absolute atomic E-state index is 0.101. The fraction of sp³-hybridized carbons (Fsp3) is 0.667. The summed E-state index contributed by atoms with van der Waals surface area (Å²) < 4.78 is 26.9. The van der Waals surface area contributed by atoms with Crippen LogP contribution in [0.25, 0.3) is 0 Å². The fourth-order valence-electron chi connectivity index (χ4n) is 3.94. The van der Waals surface area contributed by atoms with Gasteiger partial charge >= 0.3 is 0 Å². The predicted octanol–water partition coefficient (Wildman–Crippen LogP) is 1.57. The van der Waals surface area contributed by atoms with E-state index in [1.165, 1.54) is 11.1 Å². The maximum Gasteiger partial charge on any atom is 0.215 e. The summed E-state index contributed by atoms with van der Waals surface area (Å²) in [6.07, 6.45) is 2.93. The van der Waals surface area contributed by atoms with Crippen LogP contribution in [0.3, 0.4) is 0 Å². The molecule has 2 aliphatic heterocycles. The van der Waals surface area contributed by atoms with Crippen molar-refractivity contribution < 1.29 is 8.42 Å². The van der Waals surface area contributed by atoms with Crippen LogP contribution in [0.4, 0.5) is 0 Å². The van der Waals surface area contributed by atoms with E-state index in [-0.39, 0.29) is 11.8 Å². The first-order valence-electron chi connectivity index (χ1n) is 8.81. The van der Waals surface area contributed by atoms with E-state index in [2.05, 4.69) is 29.2 Å². The Morgan fingerprint density at radius 2 is 1.92 bits per heavy atom. The third kappa shape index (κ3) is 3.67. The van der Waals surface area contributed by atoms with Crippen LogP contribution in [0, 0.1) is 0 Å². The number of hydrogen-bond donors (Lipinski definition) is 0. The Labute approximate surface area is 146 Å². The molecule has 0 aliphatic carbocycles. The van der Waals surface area contributed by atoms with E-state index in [0.29, 0.717) is 12.6 Å². The summed E-state index contributed by atoms with van der Waals surface area (Å²) >= 11 is 0. The van der Waals surface area contributed by atoms with Gasteiger partial charge in [0.25, 0.3) is 0 Å². The van der Waals surface area contributed by atoms with Crippen molar-refractivity contribution in [1.82, 2.24) is 14.1 Å². The SMILES string of the molecule is CN(C)CCS(=O)(=O)N(C)[C@@H]1CCN2CCc3ccccc3[C@@H]2C1. The summed E-state index contributed by atoms with van der Waals surface area (Å²) in [7, 11) is 2.39. The molecule has 0 radical (unpaired) electrons. The Kier molecular flexibility index (Phi) is 5.30. The van der Waals surface area contributed by atoms with E-state index < -0.39 is 10.0 Å². The highest BCUT2D eigenvalue weighted by Crippen LogP contribution is 2.38. The van der Waals surface area contributed by atoms with Crippen molar-refractivity contribution in [3.8, 4) is 0 Å². The van der Waals surface area contributed by atoms with Crippen LogP contribution < -0.4 is 0 Å². The Morgan fingerprint density at radius 3 is 2.67 bits per heavy atom. The monoisotopic (exact) mass is 351 g/mol. The number of benzene rings is 1. The third-order valence-corrected chi connectivity index (χ3v) is 7.39. The molecule has 2 heterocycles. The van der Waals surface area contributed by atoms with Gasteiger partial charge in [-0.25, -0.2) is 12.7 Å². The molecule has 0 bridgehead atoms. The van der Waals surface area contributed by atoms with E-state index in [1.807, 2.05) is 19.0 Å². The second-order valence-corrected chi connectivity index (χ2v) is 9.46. The van der Waals surface area contributed by atoms with Gasteiger partial charge in [-0.05, 0) is 44.5 Å². The highest BCUT2D eigenvalue weighted by molar-refractivity contribution is 7.89. The zero-order valence-corrected chi connectivity index (χ0v) is 15.8. The molecule has 0 saturated carbocycles. The van der Waals surface area contributed by atoms with Gasteiger partial charge in [-0.2, -0.15) is 0 Å². The van der Waals surface area contributed by atoms with Crippen LogP contribution in [0.2, 0.25) is 0 Å². The first-order valence-corrected chi connectivity index (χ1v) is 10.4. The largest absolute Gasteiger partial charge is 0.308 e. The number of hydrogen-bond acceptors (Lipinski definition) is 4. The molecule has 2 aliphatic rings. The molecule has 1 aromatic rings. The summed E-state index contributed by atoms with van der Waals surface area (Å²) in [6, 6.07) is 9.10. The topological polar surface area (TPSA) is 43.9 Å². The van der Waals surface area contributed by atoms with Crippen molar-refractivity contribution in [3.63, 3.8) is 0 Å². The van der Waals surface area contributed by atoms with Gasteiger partial charge in [0.05, 0.1) is 5.75 Å². The van der Waals surface area contributed by atoms with Crippen LogP contribution in [0.15, 0.2) is 24.3 Å². The van der Waals surface area contributed by atoms with Crippen molar-refractivity contribution in [3.05, 3.63) is 35.4 Å². The van der Waals surface area contributed by atoms with E-state index in [9.17, 15) is 8.42 Å². The van der Waals surface area contributed by atoms with Crippen LogP contribution in [0.5, 0.6) is 0 Å². The molecule has 3 rings (SSSR count). The maximum atomic E-state index is 12.6. The molecule has 1 aromatic carbocycles. The fourth-order valence-corrected chi connectivity index (χ4v) is 5.47. The number of fused-ring (bicyclic) bond motifs is 3. The van der Waals surface area contributed by atoms with E-state index in [0.717, 1.165) is 32.4 Å². The molecule has 0 amide bonds. The van der Waals surface area contributed by atoms with Gasteiger partial charge in [-0.15, -0.1) is 0 Å². The summed E-state index contributed by atoms with van der Waals surface area (Å²) in [4.78, 5) is 4.45. The quantitative estimate of drug-likeness (QED) is 0.808. The average Bonchev–Trinajstić information content (AvgIpc) is 2.59. The van der Waals surface area contributed by atoms with Crippen LogP contribution in [0.1, 0.15) is 30.0 Å². The van der Waals surface area contributed by atoms with Gasteiger partial charge < -0.3 is 4.90 Å². The molecule has 2 atom stereocenters. The smallest absolute Gasteiger partial charge is 0.215 e. The first kappa shape index (κ1) is 17.9. The lowest BCUT2D eigenvalue weighted by atomic mass is 9.85. The normalized spacial score (nSPS) is 24.9. The Hall–Kier alpha value is -0.950. The molecular formula is C18H29N3O2S. The second kappa shape index (κ2) is 7.12. The molecule has 0 unspecified atom stereocenters. The van der Waals surface area contributed by atoms with Gasteiger partial charge in [0.15, 0.2) is 0 Å². The van der Waals surface area contributed by atoms with E-state index >= 15 is 0 Å². The van der Waals surface area contributed by atoms with Gasteiger partial charge in [0, 0.05) is 38.8 Å². The van der Waals surface area contributed by atoms with Crippen LogP contribution in [-0.2, 0) is 16.4 Å². The molecule has 1 fully saturated rings. The number of rotatable bonds is 5. The van der Waals surface area contributed by atoms with Gasteiger partial charge in [0.1, 0.15) is 0 Å². The molecule has 0 spiro atoms. The maximum absolute atomic E-state index is 12.6. The van der Waals surface area contributed by atoms with Crippen LogP contribution >= 0.6 is 0 Å². The Morgan fingerprint density at radius 1 is 1.17 bits per heavy atom. The van der Waals surface area contributed by atoms with Gasteiger partial charge in [-0.1, -0.05) is 24.3 Å². The zero-order valence-electron chi connectivity index (χ0n) is 15.0. The molecule has 1 saturated heterocycles. The molecule has 24 heavy (non-hydrogen) atoms. The number of sulfonamides is 1. The van der Waals surface area contributed by atoms with Gasteiger partial charge in [0.2, 0.25) is 10.0 Å². The molecule has 134 valence electrons. The van der Waals surface area contributed by atoms with Gasteiger partial charge in [-0.3, -0.25) is 4.90 Å². The predicted molar refractivity (Wildman–Crippen MR) is 97.6 cm³/mol. The molecule has 0 N–H and O–H groups in total. The molecule has 0 aromatic heterocycles. The zero-order chi connectivity index (χ0) is 17.3. The first-order chi connectivity index (χ1) is 11.4. The summed E-state index contributed by atoms with van der Waals surface area (Å²) in [5, 5.41) is 0. The summed E-state index contributed by atoms with van der Waals surface area (Å²) in [6.45, 7) is 2.64. The van der Waals surface area contributed by atoms with Crippen molar-refractivity contribution in [2.24, 2.45) is 0 Å². The Balaban J connectivity index is 1.74. The standard InChI is InChI=1S/C18H29N3O2S/c1-19(2)12-13-24(22,23)20(3)16-9-11-21-10-8-15-6-4-5-7-17(15)18(21)14-16/h4-7,16,18H,8-14H2,1-3H3/t16-,18+/m1/s1. The van der Waals surface area contributed by atoms with Crippen molar-refractivity contribution >= 4 is 10.0 Å².